The van der Waals surface area contributed by atoms with Crippen LogP contribution in [0.4, 0.5) is 0 Å². The van der Waals surface area contributed by atoms with E-state index < -0.39 is 0 Å². The van der Waals surface area contributed by atoms with Crippen molar-refractivity contribution in [2.75, 3.05) is 7.11 Å². The molecule has 0 radical (unpaired) electrons. The molecule has 0 aromatic heterocycles. The first-order valence-electron chi connectivity index (χ1n) is 5.76. The summed E-state index contributed by atoms with van der Waals surface area (Å²) in [5, 5.41) is 3.12. The van der Waals surface area contributed by atoms with Crippen LogP contribution >= 0.6 is 0 Å². The van der Waals surface area contributed by atoms with Crippen LogP contribution in [-0.4, -0.2) is 13.1 Å². The molecular weight excluding hydrogens is 214 g/mol. The second kappa shape index (κ2) is 6.74. The number of rotatable bonds is 5. The molecular formula is C14H19NO2. The summed E-state index contributed by atoms with van der Waals surface area (Å²) < 4.78 is 4.50. The Morgan fingerprint density at radius 1 is 1.41 bits per heavy atom. The Morgan fingerprint density at radius 3 is 2.59 bits per heavy atom. The highest BCUT2D eigenvalue weighted by atomic mass is 16.5. The largest absolute Gasteiger partial charge is 0.466 e. The lowest BCUT2D eigenvalue weighted by atomic mass is 10.1. The standard InChI is InChI=1S/C14H19NO2/c1-4-12-5-7-13(8-6-12)11(2)15-10-9-14(16)17-3/h5-11,15H,4H2,1-3H3/b10-9+. The molecule has 1 rings (SSSR count). The minimum Gasteiger partial charge on any atom is -0.466 e. The summed E-state index contributed by atoms with van der Waals surface area (Å²) in [6.45, 7) is 4.18. The van der Waals surface area contributed by atoms with Crippen molar-refractivity contribution in [1.29, 1.82) is 0 Å². The quantitative estimate of drug-likeness (QED) is 0.627. The number of benzene rings is 1. The van der Waals surface area contributed by atoms with Crippen LogP contribution in [0, 0.1) is 0 Å². The lowest BCUT2D eigenvalue weighted by Gasteiger charge is -2.12. The van der Waals surface area contributed by atoms with Crippen LogP contribution in [0.5, 0.6) is 0 Å². The molecule has 0 fully saturated rings. The number of ether oxygens (including phenoxy) is 1. The maximum atomic E-state index is 10.9. The summed E-state index contributed by atoms with van der Waals surface area (Å²) in [6.07, 6.45) is 4.03. The van der Waals surface area contributed by atoms with Crippen molar-refractivity contribution in [3.8, 4) is 0 Å². The molecule has 0 saturated heterocycles. The number of hydrogen-bond donors (Lipinski definition) is 1. The minimum absolute atomic E-state index is 0.168. The van der Waals surface area contributed by atoms with Crippen molar-refractivity contribution in [2.24, 2.45) is 0 Å². The van der Waals surface area contributed by atoms with Crippen molar-refractivity contribution in [1.82, 2.24) is 5.32 Å². The number of hydrogen-bond acceptors (Lipinski definition) is 3. The summed E-state index contributed by atoms with van der Waals surface area (Å²) in [4.78, 5) is 10.9. The molecule has 92 valence electrons. The fourth-order valence-corrected chi connectivity index (χ4v) is 1.47. The molecule has 0 saturated carbocycles. The molecule has 3 heteroatoms. The molecule has 1 unspecified atom stereocenters. The highest BCUT2D eigenvalue weighted by molar-refractivity contribution is 5.81. The molecule has 0 aliphatic rings. The molecule has 1 N–H and O–H groups in total. The fourth-order valence-electron chi connectivity index (χ4n) is 1.47. The molecule has 0 aliphatic carbocycles. The van der Waals surface area contributed by atoms with Crippen LogP contribution in [0.2, 0.25) is 0 Å². The Balaban J connectivity index is 2.54. The van der Waals surface area contributed by atoms with Gasteiger partial charge in [-0.2, -0.15) is 0 Å². The zero-order valence-electron chi connectivity index (χ0n) is 10.6. The van der Waals surface area contributed by atoms with Gasteiger partial charge in [-0.3, -0.25) is 0 Å². The molecule has 3 nitrogen and oxygen atoms in total. The third-order valence-electron chi connectivity index (χ3n) is 2.65. The molecule has 1 aromatic carbocycles. The summed E-state index contributed by atoms with van der Waals surface area (Å²) in [7, 11) is 1.36. The van der Waals surface area contributed by atoms with E-state index in [0.717, 1.165) is 6.42 Å². The van der Waals surface area contributed by atoms with E-state index in [-0.39, 0.29) is 12.0 Å². The lowest BCUT2D eigenvalue weighted by Crippen LogP contribution is -2.12. The van der Waals surface area contributed by atoms with Gasteiger partial charge >= 0.3 is 5.97 Å². The van der Waals surface area contributed by atoms with Crippen molar-refractivity contribution >= 4 is 5.97 Å². The first kappa shape index (κ1) is 13.3. The number of esters is 1. The van der Waals surface area contributed by atoms with Crippen LogP contribution in [0.15, 0.2) is 36.5 Å². The first-order valence-corrected chi connectivity index (χ1v) is 5.76. The number of carbonyl (C=O) groups is 1. The zero-order chi connectivity index (χ0) is 12.7. The Bertz CT molecular complexity index is 382. The Labute approximate surface area is 102 Å². The maximum Gasteiger partial charge on any atom is 0.331 e. The molecule has 0 bridgehead atoms. The third kappa shape index (κ3) is 4.31. The predicted octanol–water partition coefficient (Wildman–Crippen LogP) is 2.59. The number of methoxy groups -OCH3 is 1. The average Bonchev–Trinajstić information content (AvgIpc) is 2.38. The Kier molecular flexibility index (Phi) is 5.27. The average molecular weight is 233 g/mol. The Hall–Kier alpha value is -1.77. The van der Waals surface area contributed by atoms with Gasteiger partial charge in [-0.25, -0.2) is 4.79 Å². The molecule has 1 aromatic rings. The molecule has 0 spiro atoms. The lowest BCUT2D eigenvalue weighted by molar-refractivity contribution is -0.134. The molecule has 0 amide bonds. The van der Waals surface area contributed by atoms with E-state index in [4.69, 9.17) is 0 Å². The summed E-state index contributed by atoms with van der Waals surface area (Å²) >= 11 is 0. The van der Waals surface area contributed by atoms with Gasteiger partial charge < -0.3 is 10.1 Å². The highest BCUT2D eigenvalue weighted by Crippen LogP contribution is 2.13. The van der Waals surface area contributed by atoms with Crippen LogP contribution < -0.4 is 5.32 Å². The van der Waals surface area contributed by atoms with Gasteiger partial charge in [0.25, 0.3) is 0 Å². The van der Waals surface area contributed by atoms with Gasteiger partial charge in [0, 0.05) is 18.3 Å². The molecule has 0 heterocycles. The van der Waals surface area contributed by atoms with Crippen molar-refractivity contribution in [3.05, 3.63) is 47.7 Å². The number of carbonyl (C=O) groups excluding carboxylic acids is 1. The molecule has 1 atom stereocenters. The zero-order valence-corrected chi connectivity index (χ0v) is 10.6. The van der Waals surface area contributed by atoms with E-state index in [0.29, 0.717) is 0 Å². The fraction of sp³-hybridized carbons (Fsp3) is 0.357. The van der Waals surface area contributed by atoms with Gasteiger partial charge in [-0.15, -0.1) is 0 Å². The summed E-state index contributed by atoms with van der Waals surface area (Å²) in [5.41, 5.74) is 2.52. The normalized spacial score (nSPS) is 12.4. The van der Waals surface area contributed by atoms with E-state index in [1.807, 2.05) is 6.92 Å². The van der Waals surface area contributed by atoms with Gasteiger partial charge in [0.2, 0.25) is 0 Å². The predicted molar refractivity (Wildman–Crippen MR) is 68.5 cm³/mol. The van der Waals surface area contributed by atoms with Crippen LogP contribution in [-0.2, 0) is 16.0 Å². The van der Waals surface area contributed by atoms with Crippen molar-refractivity contribution < 1.29 is 9.53 Å². The second-order valence-corrected chi connectivity index (χ2v) is 3.84. The van der Waals surface area contributed by atoms with Crippen molar-refractivity contribution in [2.45, 2.75) is 26.3 Å². The minimum atomic E-state index is -0.356. The summed E-state index contributed by atoms with van der Waals surface area (Å²) in [6, 6.07) is 8.61. The van der Waals surface area contributed by atoms with Gasteiger partial charge in [-0.1, -0.05) is 31.2 Å². The number of aryl methyl sites for hydroxylation is 1. The molecule has 17 heavy (non-hydrogen) atoms. The van der Waals surface area contributed by atoms with Crippen molar-refractivity contribution in [3.63, 3.8) is 0 Å². The van der Waals surface area contributed by atoms with E-state index in [9.17, 15) is 4.79 Å². The highest BCUT2D eigenvalue weighted by Gasteiger charge is 2.02. The third-order valence-corrected chi connectivity index (χ3v) is 2.65. The second-order valence-electron chi connectivity index (χ2n) is 3.84. The van der Waals surface area contributed by atoms with Gasteiger partial charge in [0.1, 0.15) is 0 Å². The van der Waals surface area contributed by atoms with Gasteiger partial charge in [0.05, 0.1) is 7.11 Å². The van der Waals surface area contributed by atoms with Crippen LogP contribution in [0.25, 0.3) is 0 Å². The van der Waals surface area contributed by atoms with Gasteiger partial charge in [0.15, 0.2) is 0 Å². The smallest absolute Gasteiger partial charge is 0.331 e. The van der Waals surface area contributed by atoms with E-state index in [1.165, 1.54) is 24.3 Å². The maximum absolute atomic E-state index is 10.9. The van der Waals surface area contributed by atoms with E-state index >= 15 is 0 Å². The summed E-state index contributed by atoms with van der Waals surface area (Å²) in [5.74, 6) is -0.356. The van der Waals surface area contributed by atoms with Gasteiger partial charge in [-0.05, 0) is 24.5 Å². The van der Waals surface area contributed by atoms with Crippen LogP contribution in [0.1, 0.15) is 31.0 Å². The monoisotopic (exact) mass is 233 g/mol. The number of nitrogens with one attached hydrogen (secondary N) is 1. The Morgan fingerprint density at radius 2 is 2.06 bits per heavy atom. The SMILES string of the molecule is CCc1ccc(C(C)N/C=C/C(=O)OC)cc1. The van der Waals surface area contributed by atoms with E-state index in [2.05, 4.69) is 41.2 Å². The molecule has 0 aliphatic heterocycles. The van der Waals surface area contributed by atoms with E-state index in [1.54, 1.807) is 6.20 Å². The topological polar surface area (TPSA) is 38.3 Å². The first-order chi connectivity index (χ1) is 8.17. The van der Waals surface area contributed by atoms with Crippen LogP contribution in [0.3, 0.4) is 0 Å².